The number of carbonyl (C=O) groups excluding carboxylic acids is 1. The topological polar surface area (TPSA) is 85.3 Å². The fraction of sp³-hybridized carbons (Fsp3) is 0.105. The third kappa shape index (κ3) is 3.16. The molecule has 0 bridgehead atoms. The normalized spacial score (nSPS) is 12.2. The van der Waals surface area contributed by atoms with Crippen molar-refractivity contribution in [1.82, 2.24) is 19.9 Å². The van der Waals surface area contributed by atoms with E-state index in [1.165, 1.54) is 11.3 Å². The number of nitrogens with one attached hydrogen (secondary N) is 1. The summed E-state index contributed by atoms with van der Waals surface area (Å²) in [6.45, 7) is 1.98. The molecule has 0 aliphatic heterocycles. The van der Waals surface area contributed by atoms with Crippen LogP contribution in [0.5, 0.6) is 0 Å². The number of rotatable bonds is 4. The van der Waals surface area contributed by atoms with Gasteiger partial charge in [-0.2, -0.15) is 4.98 Å². The predicted molar refractivity (Wildman–Crippen MR) is 103 cm³/mol. The molecule has 7 heteroatoms. The SMILES string of the molecule is C[C@H](NC(=O)c1cc(-c2ccc3nc(N)nn3c2)cs1)c1ccccc1. The molecular formula is C19H17N5OS. The summed E-state index contributed by atoms with van der Waals surface area (Å²) in [5.74, 6) is 0.158. The van der Waals surface area contributed by atoms with Crippen molar-refractivity contribution in [2.24, 2.45) is 0 Å². The van der Waals surface area contributed by atoms with Gasteiger partial charge in [0.25, 0.3) is 5.91 Å². The van der Waals surface area contributed by atoms with E-state index >= 15 is 0 Å². The molecule has 1 atom stereocenters. The molecule has 3 N–H and O–H groups in total. The summed E-state index contributed by atoms with van der Waals surface area (Å²) in [7, 11) is 0. The van der Waals surface area contributed by atoms with Crippen LogP contribution in [0.15, 0.2) is 60.1 Å². The Morgan fingerprint density at radius 2 is 2.00 bits per heavy atom. The molecule has 4 rings (SSSR count). The van der Waals surface area contributed by atoms with E-state index in [9.17, 15) is 4.79 Å². The minimum absolute atomic E-state index is 0.0521. The smallest absolute Gasteiger partial charge is 0.261 e. The first kappa shape index (κ1) is 16.3. The van der Waals surface area contributed by atoms with Crippen molar-refractivity contribution in [3.05, 3.63) is 70.5 Å². The van der Waals surface area contributed by atoms with Crippen molar-refractivity contribution >= 4 is 28.8 Å². The average molecular weight is 363 g/mol. The Morgan fingerprint density at radius 1 is 1.19 bits per heavy atom. The van der Waals surface area contributed by atoms with Crippen molar-refractivity contribution < 1.29 is 4.79 Å². The lowest BCUT2D eigenvalue weighted by Gasteiger charge is -2.13. The summed E-state index contributed by atoms with van der Waals surface area (Å²) in [5, 5.41) is 9.12. The number of aromatic nitrogens is 3. The van der Waals surface area contributed by atoms with Crippen molar-refractivity contribution in [3.8, 4) is 11.1 Å². The second-order valence-corrected chi connectivity index (χ2v) is 6.91. The number of anilines is 1. The first-order valence-corrected chi connectivity index (χ1v) is 9.05. The molecule has 1 amide bonds. The van der Waals surface area contributed by atoms with Gasteiger partial charge in [-0.05, 0) is 41.6 Å². The molecule has 0 spiro atoms. The van der Waals surface area contributed by atoms with Gasteiger partial charge in [-0.15, -0.1) is 16.4 Å². The van der Waals surface area contributed by atoms with Crippen LogP contribution in [0, 0.1) is 0 Å². The Bertz CT molecular complexity index is 1070. The van der Waals surface area contributed by atoms with Crippen LogP contribution in [-0.4, -0.2) is 20.5 Å². The van der Waals surface area contributed by atoms with Crippen LogP contribution >= 0.6 is 11.3 Å². The predicted octanol–water partition coefficient (Wildman–Crippen LogP) is 3.53. The van der Waals surface area contributed by atoms with E-state index in [4.69, 9.17) is 5.73 Å². The van der Waals surface area contributed by atoms with E-state index in [1.54, 1.807) is 4.52 Å². The van der Waals surface area contributed by atoms with Gasteiger partial charge in [0.05, 0.1) is 10.9 Å². The summed E-state index contributed by atoms with van der Waals surface area (Å²) >= 11 is 1.42. The Kier molecular flexibility index (Phi) is 4.14. The van der Waals surface area contributed by atoms with Crippen LogP contribution < -0.4 is 11.1 Å². The van der Waals surface area contributed by atoms with E-state index in [0.717, 1.165) is 16.7 Å². The van der Waals surface area contributed by atoms with Crippen molar-refractivity contribution in [1.29, 1.82) is 0 Å². The van der Waals surface area contributed by atoms with Gasteiger partial charge >= 0.3 is 0 Å². The zero-order valence-electron chi connectivity index (χ0n) is 14.1. The summed E-state index contributed by atoms with van der Waals surface area (Å²) in [6, 6.07) is 15.5. The van der Waals surface area contributed by atoms with Gasteiger partial charge in [0, 0.05) is 11.8 Å². The van der Waals surface area contributed by atoms with Crippen LogP contribution in [0.2, 0.25) is 0 Å². The van der Waals surface area contributed by atoms with Gasteiger partial charge < -0.3 is 11.1 Å². The fourth-order valence-corrected chi connectivity index (χ4v) is 3.59. The first-order chi connectivity index (χ1) is 12.6. The van der Waals surface area contributed by atoms with E-state index in [0.29, 0.717) is 10.5 Å². The minimum atomic E-state index is -0.0799. The molecular weight excluding hydrogens is 346 g/mol. The highest BCUT2D eigenvalue weighted by Crippen LogP contribution is 2.26. The minimum Gasteiger partial charge on any atom is -0.366 e. The highest BCUT2D eigenvalue weighted by atomic mass is 32.1. The molecule has 1 aromatic carbocycles. The van der Waals surface area contributed by atoms with Crippen LogP contribution in [0.1, 0.15) is 28.2 Å². The van der Waals surface area contributed by atoms with E-state index in [2.05, 4.69) is 15.4 Å². The first-order valence-electron chi connectivity index (χ1n) is 8.17. The second kappa shape index (κ2) is 6.61. The lowest BCUT2D eigenvalue weighted by Crippen LogP contribution is -2.25. The van der Waals surface area contributed by atoms with Gasteiger partial charge in [0.2, 0.25) is 5.95 Å². The standard InChI is InChI=1S/C19H17N5OS/c1-12(13-5-3-2-4-6-13)21-18(25)16-9-15(11-26-16)14-7-8-17-22-19(20)23-24(17)10-14/h2-12H,1H3,(H2,20,23)(H,21,25)/t12-/m0/s1. The molecule has 0 aliphatic rings. The van der Waals surface area contributed by atoms with Crippen molar-refractivity contribution in [3.63, 3.8) is 0 Å². The van der Waals surface area contributed by atoms with Crippen LogP contribution in [0.3, 0.4) is 0 Å². The maximum Gasteiger partial charge on any atom is 0.261 e. The summed E-state index contributed by atoms with van der Waals surface area (Å²) in [5.41, 5.74) is 9.30. The van der Waals surface area contributed by atoms with Gasteiger partial charge in [0.1, 0.15) is 0 Å². The number of hydrogen-bond acceptors (Lipinski definition) is 5. The number of thiophene rings is 1. The number of nitrogens with zero attached hydrogens (tertiary/aromatic N) is 3. The lowest BCUT2D eigenvalue weighted by atomic mass is 10.1. The van der Waals surface area contributed by atoms with Crippen LogP contribution in [0.4, 0.5) is 5.95 Å². The van der Waals surface area contributed by atoms with Gasteiger partial charge in [-0.25, -0.2) is 4.52 Å². The van der Waals surface area contributed by atoms with Crippen LogP contribution in [0.25, 0.3) is 16.8 Å². The molecule has 0 saturated heterocycles. The van der Waals surface area contributed by atoms with Crippen molar-refractivity contribution in [2.75, 3.05) is 5.73 Å². The molecule has 0 radical (unpaired) electrons. The average Bonchev–Trinajstić information content (AvgIpc) is 3.27. The molecule has 3 aromatic heterocycles. The zero-order valence-corrected chi connectivity index (χ0v) is 14.9. The Balaban J connectivity index is 1.54. The lowest BCUT2D eigenvalue weighted by molar-refractivity contribution is 0.0944. The molecule has 26 heavy (non-hydrogen) atoms. The van der Waals surface area contributed by atoms with Gasteiger partial charge in [-0.1, -0.05) is 30.3 Å². The Hall–Kier alpha value is -3.19. The highest BCUT2D eigenvalue weighted by molar-refractivity contribution is 7.12. The number of nitrogens with two attached hydrogens (primary N) is 1. The third-order valence-electron chi connectivity index (χ3n) is 4.15. The monoisotopic (exact) mass is 363 g/mol. The summed E-state index contributed by atoms with van der Waals surface area (Å²) < 4.78 is 1.64. The second-order valence-electron chi connectivity index (χ2n) is 6.00. The molecule has 6 nitrogen and oxygen atoms in total. The number of nitrogen functional groups attached to an aromatic ring is 1. The molecule has 3 heterocycles. The van der Waals surface area contributed by atoms with Gasteiger partial charge in [-0.3, -0.25) is 4.79 Å². The van der Waals surface area contributed by atoms with Crippen molar-refractivity contribution in [2.45, 2.75) is 13.0 Å². The number of benzene rings is 1. The maximum absolute atomic E-state index is 12.5. The number of hydrogen-bond donors (Lipinski definition) is 2. The van der Waals surface area contributed by atoms with E-state index in [1.807, 2.05) is 67.0 Å². The highest BCUT2D eigenvalue weighted by Gasteiger charge is 2.14. The van der Waals surface area contributed by atoms with Crippen LogP contribution in [-0.2, 0) is 0 Å². The molecule has 0 unspecified atom stereocenters. The van der Waals surface area contributed by atoms with Gasteiger partial charge in [0.15, 0.2) is 5.65 Å². The number of pyridine rings is 1. The molecule has 130 valence electrons. The summed E-state index contributed by atoms with van der Waals surface area (Å²) in [6.07, 6.45) is 1.86. The van der Waals surface area contributed by atoms with E-state index in [-0.39, 0.29) is 17.9 Å². The maximum atomic E-state index is 12.5. The molecule has 4 aromatic rings. The Morgan fingerprint density at radius 3 is 2.81 bits per heavy atom. The third-order valence-corrected chi connectivity index (χ3v) is 5.08. The Labute approximate surface area is 154 Å². The fourth-order valence-electron chi connectivity index (χ4n) is 2.77. The molecule has 0 saturated carbocycles. The molecule has 0 aliphatic carbocycles. The molecule has 0 fully saturated rings. The zero-order chi connectivity index (χ0) is 18.1. The largest absolute Gasteiger partial charge is 0.366 e. The quantitative estimate of drug-likeness (QED) is 0.581. The number of amides is 1. The van der Waals surface area contributed by atoms with E-state index < -0.39 is 0 Å². The number of fused-ring (bicyclic) bond motifs is 1. The summed E-state index contributed by atoms with van der Waals surface area (Å²) in [4.78, 5) is 17.3. The number of carbonyl (C=O) groups is 1.